The highest BCUT2D eigenvalue weighted by atomic mass is 32.2. The Morgan fingerprint density at radius 3 is 2.77 bits per heavy atom. The van der Waals surface area contributed by atoms with Crippen molar-refractivity contribution in [2.75, 3.05) is 26.2 Å². The number of nitrogens with zero attached hydrogens (tertiary/aromatic N) is 1. The summed E-state index contributed by atoms with van der Waals surface area (Å²) >= 11 is 0. The molecule has 2 unspecified atom stereocenters. The Kier molecular flexibility index (Phi) is 4.70. The van der Waals surface area contributed by atoms with Crippen LogP contribution in [0, 0.1) is 5.92 Å². The molecular formula is C16H24N2O3S. The van der Waals surface area contributed by atoms with E-state index in [0.717, 1.165) is 31.6 Å². The third kappa shape index (κ3) is 3.14. The SMILES string of the molecule is CCCOc1ccc(S(=O)(=O)N2CCC3NCCC3C2)cc1. The fourth-order valence-corrected chi connectivity index (χ4v) is 4.82. The van der Waals surface area contributed by atoms with Crippen LogP contribution in [0.3, 0.4) is 0 Å². The fourth-order valence-electron chi connectivity index (χ4n) is 3.31. The molecule has 0 spiro atoms. The zero-order chi connectivity index (χ0) is 15.6. The molecule has 0 saturated carbocycles. The third-order valence-corrected chi connectivity index (χ3v) is 6.43. The van der Waals surface area contributed by atoms with Gasteiger partial charge in [-0.25, -0.2) is 8.42 Å². The topological polar surface area (TPSA) is 58.6 Å². The molecule has 2 fully saturated rings. The van der Waals surface area contributed by atoms with Crippen LogP contribution >= 0.6 is 0 Å². The lowest BCUT2D eigenvalue weighted by molar-refractivity contribution is 0.247. The Morgan fingerprint density at radius 1 is 1.27 bits per heavy atom. The number of rotatable bonds is 5. The van der Waals surface area contributed by atoms with Gasteiger partial charge in [0.1, 0.15) is 5.75 Å². The molecule has 5 nitrogen and oxygen atoms in total. The molecule has 1 N–H and O–H groups in total. The Hall–Kier alpha value is -1.11. The lowest BCUT2D eigenvalue weighted by Gasteiger charge is -2.34. The maximum absolute atomic E-state index is 12.8. The number of ether oxygens (including phenoxy) is 1. The summed E-state index contributed by atoms with van der Waals surface area (Å²) in [6, 6.07) is 7.29. The van der Waals surface area contributed by atoms with Crippen molar-refractivity contribution in [1.29, 1.82) is 0 Å². The Labute approximate surface area is 132 Å². The van der Waals surface area contributed by atoms with Crippen LogP contribution in [-0.2, 0) is 10.0 Å². The van der Waals surface area contributed by atoms with E-state index in [2.05, 4.69) is 5.32 Å². The molecule has 3 rings (SSSR count). The van der Waals surface area contributed by atoms with Gasteiger partial charge in [-0.05, 0) is 56.0 Å². The summed E-state index contributed by atoms with van der Waals surface area (Å²) in [6.45, 7) is 4.93. The van der Waals surface area contributed by atoms with Crippen LogP contribution in [0.5, 0.6) is 5.75 Å². The molecule has 0 amide bonds. The molecule has 122 valence electrons. The first-order valence-electron chi connectivity index (χ1n) is 8.07. The summed E-state index contributed by atoms with van der Waals surface area (Å²) in [5, 5.41) is 3.46. The highest BCUT2D eigenvalue weighted by Gasteiger charge is 2.37. The smallest absolute Gasteiger partial charge is 0.243 e. The van der Waals surface area contributed by atoms with Crippen LogP contribution in [0.25, 0.3) is 0 Å². The van der Waals surface area contributed by atoms with E-state index in [0.29, 0.717) is 36.6 Å². The van der Waals surface area contributed by atoms with Crippen LogP contribution in [-0.4, -0.2) is 45.0 Å². The normalized spacial score (nSPS) is 25.9. The number of hydrogen-bond donors (Lipinski definition) is 1. The molecule has 6 heteroatoms. The summed E-state index contributed by atoms with van der Waals surface area (Å²) in [6.07, 6.45) is 2.91. The Morgan fingerprint density at radius 2 is 2.05 bits per heavy atom. The summed E-state index contributed by atoms with van der Waals surface area (Å²) in [5.74, 6) is 1.18. The first-order valence-corrected chi connectivity index (χ1v) is 9.51. The highest BCUT2D eigenvalue weighted by molar-refractivity contribution is 7.89. The van der Waals surface area contributed by atoms with Crippen molar-refractivity contribution in [3.8, 4) is 5.75 Å². The summed E-state index contributed by atoms with van der Waals surface area (Å²) < 4.78 is 32.7. The van der Waals surface area contributed by atoms with Crippen LogP contribution in [0.1, 0.15) is 26.2 Å². The number of fused-ring (bicyclic) bond motifs is 1. The minimum absolute atomic E-state index is 0.362. The van der Waals surface area contributed by atoms with Gasteiger partial charge < -0.3 is 10.1 Å². The van der Waals surface area contributed by atoms with Crippen LogP contribution in [0.15, 0.2) is 29.2 Å². The molecule has 0 bridgehead atoms. The number of piperidine rings is 1. The molecule has 1 aromatic rings. The Balaban J connectivity index is 1.72. The van der Waals surface area contributed by atoms with Gasteiger partial charge in [0, 0.05) is 19.1 Å². The quantitative estimate of drug-likeness (QED) is 0.898. The molecule has 0 radical (unpaired) electrons. The van der Waals surface area contributed by atoms with Gasteiger partial charge in [0.25, 0.3) is 0 Å². The number of sulfonamides is 1. The van der Waals surface area contributed by atoms with Gasteiger partial charge in [-0.3, -0.25) is 0 Å². The van der Waals surface area contributed by atoms with E-state index < -0.39 is 10.0 Å². The lowest BCUT2D eigenvalue weighted by Crippen LogP contribution is -2.46. The number of benzene rings is 1. The zero-order valence-corrected chi connectivity index (χ0v) is 13.8. The first-order chi connectivity index (χ1) is 10.6. The van der Waals surface area contributed by atoms with Crippen molar-refractivity contribution in [2.45, 2.75) is 37.1 Å². The van der Waals surface area contributed by atoms with Gasteiger partial charge in [-0.15, -0.1) is 0 Å². The lowest BCUT2D eigenvalue weighted by atomic mass is 9.95. The minimum atomic E-state index is -3.39. The van der Waals surface area contributed by atoms with Crippen LogP contribution in [0.2, 0.25) is 0 Å². The van der Waals surface area contributed by atoms with Crippen molar-refractivity contribution in [2.24, 2.45) is 5.92 Å². The predicted octanol–water partition coefficient (Wildman–Crippen LogP) is 1.85. The van der Waals surface area contributed by atoms with E-state index in [1.165, 1.54) is 0 Å². The predicted molar refractivity (Wildman–Crippen MR) is 85.5 cm³/mol. The standard InChI is InChI=1S/C16H24N2O3S/c1-2-11-21-14-3-5-15(6-4-14)22(19,20)18-10-8-16-13(12-18)7-9-17-16/h3-6,13,16-17H,2,7-12H2,1H3. The largest absolute Gasteiger partial charge is 0.494 e. The van der Waals surface area contributed by atoms with E-state index in [9.17, 15) is 8.42 Å². The molecule has 2 saturated heterocycles. The molecule has 2 aliphatic heterocycles. The van der Waals surface area contributed by atoms with Gasteiger partial charge in [0.2, 0.25) is 10.0 Å². The van der Waals surface area contributed by atoms with E-state index in [1.54, 1.807) is 28.6 Å². The number of hydrogen-bond acceptors (Lipinski definition) is 4. The van der Waals surface area contributed by atoms with Crippen molar-refractivity contribution in [3.05, 3.63) is 24.3 Å². The minimum Gasteiger partial charge on any atom is -0.494 e. The average Bonchev–Trinajstić information content (AvgIpc) is 3.01. The summed E-state index contributed by atoms with van der Waals surface area (Å²) in [7, 11) is -3.39. The van der Waals surface area contributed by atoms with E-state index in [-0.39, 0.29) is 0 Å². The maximum Gasteiger partial charge on any atom is 0.243 e. The molecular weight excluding hydrogens is 300 g/mol. The molecule has 1 aromatic carbocycles. The van der Waals surface area contributed by atoms with Crippen LogP contribution in [0.4, 0.5) is 0 Å². The maximum atomic E-state index is 12.8. The van der Waals surface area contributed by atoms with Crippen LogP contribution < -0.4 is 10.1 Å². The fraction of sp³-hybridized carbons (Fsp3) is 0.625. The van der Waals surface area contributed by atoms with Gasteiger partial charge >= 0.3 is 0 Å². The average molecular weight is 324 g/mol. The Bertz CT molecular complexity index is 600. The van der Waals surface area contributed by atoms with Gasteiger partial charge in [0.05, 0.1) is 11.5 Å². The van der Waals surface area contributed by atoms with Crippen molar-refractivity contribution in [3.63, 3.8) is 0 Å². The second-order valence-corrected chi connectivity index (χ2v) is 8.02. The van der Waals surface area contributed by atoms with Gasteiger partial charge in [-0.2, -0.15) is 4.31 Å². The monoisotopic (exact) mass is 324 g/mol. The van der Waals surface area contributed by atoms with Gasteiger partial charge in [-0.1, -0.05) is 6.92 Å². The van der Waals surface area contributed by atoms with Crippen molar-refractivity contribution < 1.29 is 13.2 Å². The second kappa shape index (κ2) is 6.56. The van der Waals surface area contributed by atoms with E-state index in [1.807, 2.05) is 6.92 Å². The molecule has 22 heavy (non-hydrogen) atoms. The highest BCUT2D eigenvalue weighted by Crippen LogP contribution is 2.29. The third-order valence-electron chi connectivity index (χ3n) is 4.55. The van der Waals surface area contributed by atoms with Crippen molar-refractivity contribution in [1.82, 2.24) is 9.62 Å². The molecule has 0 aromatic heterocycles. The van der Waals surface area contributed by atoms with Crippen molar-refractivity contribution >= 4 is 10.0 Å². The van der Waals surface area contributed by atoms with E-state index >= 15 is 0 Å². The number of nitrogens with one attached hydrogen (secondary N) is 1. The van der Waals surface area contributed by atoms with E-state index in [4.69, 9.17) is 4.74 Å². The van der Waals surface area contributed by atoms with Gasteiger partial charge in [0.15, 0.2) is 0 Å². The second-order valence-electron chi connectivity index (χ2n) is 6.08. The molecule has 2 aliphatic rings. The first kappa shape index (κ1) is 15.8. The summed E-state index contributed by atoms with van der Waals surface area (Å²) in [5.41, 5.74) is 0. The summed E-state index contributed by atoms with van der Waals surface area (Å²) in [4.78, 5) is 0.362. The molecule has 0 aliphatic carbocycles. The molecule has 2 heterocycles. The molecule has 2 atom stereocenters. The zero-order valence-electron chi connectivity index (χ0n) is 13.0.